The van der Waals surface area contributed by atoms with Crippen LogP contribution in [0, 0.1) is 71.0 Å². The highest BCUT2D eigenvalue weighted by molar-refractivity contribution is 7.50. The van der Waals surface area contributed by atoms with Gasteiger partial charge in [0, 0.05) is 78.5 Å². The first kappa shape index (κ1) is 66.8. The molecule has 0 aliphatic carbocycles. The first-order chi connectivity index (χ1) is 27.1. The fraction of sp³-hybridized carbons (Fsp3) is 1.00. The van der Waals surface area contributed by atoms with E-state index in [4.69, 9.17) is 11.1 Å². The van der Waals surface area contributed by atoms with Gasteiger partial charge in [0.05, 0.1) is 0 Å². The first-order valence-electron chi connectivity index (χ1n) is 24.3. The monoisotopic (exact) mass is 910 g/mol. The summed E-state index contributed by atoms with van der Waals surface area (Å²) in [5.74, 6) is 8.48. The zero-order chi connectivity index (χ0) is 46.7. The molecule has 0 aromatic carbocycles. The van der Waals surface area contributed by atoms with Crippen LogP contribution in [0.1, 0.15) is 166 Å². The molecular formula is C48H110ClN9P2. The van der Waals surface area contributed by atoms with E-state index in [1.807, 2.05) is 0 Å². The molecule has 0 saturated carbocycles. The van der Waals surface area contributed by atoms with Crippen molar-refractivity contribution in [2.45, 2.75) is 166 Å². The second kappa shape index (κ2) is 37.4. The molecule has 0 aromatic heterocycles. The maximum atomic E-state index is 6.75. The molecule has 0 rings (SSSR count). The van der Waals surface area contributed by atoms with Crippen LogP contribution in [0.4, 0.5) is 0 Å². The quantitative estimate of drug-likeness (QED) is 0.0309. The molecule has 0 unspecified atom stereocenters. The summed E-state index contributed by atoms with van der Waals surface area (Å²) >= 11 is 0. The Balaban J connectivity index is -0.000000482. The molecule has 0 radical (unpaired) electrons. The van der Waals surface area contributed by atoms with E-state index >= 15 is 0 Å². The maximum Gasteiger partial charge on any atom is 0.213 e. The Kier molecular flexibility index (Phi) is 41.7. The summed E-state index contributed by atoms with van der Waals surface area (Å²) in [6.07, 6.45) is 0. The van der Waals surface area contributed by atoms with Gasteiger partial charge in [-0.25, -0.2) is 0 Å². The largest absolute Gasteiger partial charge is 1.00 e. The van der Waals surface area contributed by atoms with Gasteiger partial charge in [-0.2, -0.15) is 0 Å². The van der Waals surface area contributed by atoms with Gasteiger partial charge in [-0.3, -0.25) is 4.91 Å². The van der Waals surface area contributed by atoms with Gasteiger partial charge in [0.15, 0.2) is 0 Å². The van der Waals surface area contributed by atoms with Crippen LogP contribution in [0.3, 0.4) is 0 Å². The predicted molar refractivity (Wildman–Crippen MR) is 274 cm³/mol. The van der Waals surface area contributed by atoms with Crippen molar-refractivity contribution in [1.82, 2.24) is 28.0 Å². The third kappa shape index (κ3) is 36.5. The highest BCUT2D eigenvalue weighted by Gasteiger charge is 2.42. The van der Waals surface area contributed by atoms with Crippen LogP contribution in [-0.2, 0) is 0 Å². The Morgan fingerprint density at radius 3 is 0.367 bits per heavy atom. The van der Waals surface area contributed by atoms with Crippen LogP contribution in [0.25, 0.3) is 16.0 Å². The molecule has 0 heterocycles. The van der Waals surface area contributed by atoms with Crippen molar-refractivity contribution >= 4 is 16.7 Å². The maximum absolute atomic E-state index is 6.75. The topological polar surface area (TPSA) is 78.1 Å². The van der Waals surface area contributed by atoms with Gasteiger partial charge < -0.3 is 23.5 Å². The molecule has 0 spiro atoms. The second-order valence-electron chi connectivity index (χ2n) is 22.8. The molecule has 0 N–H and O–H groups in total. The average molecular weight is 911 g/mol. The molecule has 0 aromatic rings. The zero-order valence-corrected chi connectivity index (χ0v) is 47.6. The van der Waals surface area contributed by atoms with E-state index < -0.39 is 16.7 Å². The number of halogens is 1. The molecule has 60 heavy (non-hydrogen) atoms. The summed E-state index contributed by atoms with van der Waals surface area (Å²) in [5, 5.41) is 0. The Labute approximate surface area is 387 Å². The third-order valence-electron chi connectivity index (χ3n) is 8.72. The van der Waals surface area contributed by atoms with Gasteiger partial charge in [-0.15, -0.1) is 28.0 Å². The smallest absolute Gasteiger partial charge is 0.213 e. The van der Waals surface area contributed by atoms with Crippen molar-refractivity contribution in [3.63, 3.8) is 0 Å². The summed E-state index contributed by atoms with van der Waals surface area (Å²) in [5.41, 5.74) is 13.5. The van der Waals surface area contributed by atoms with Crippen molar-refractivity contribution in [3.8, 4) is 0 Å². The molecule has 12 heteroatoms. The molecular weight excluding hydrogens is 800 g/mol. The summed E-state index contributed by atoms with van der Waals surface area (Å²) in [7, 11) is -1.86. The first-order valence-corrected chi connectivity index (χ1v) is 27.0. The van der Waals surface area contributed by atoms with E-state index in [1.165, 1.54) is 83.4 Å². The molecule has 0 bridgehead atoms. The minimum absolute atomic E-state index is 0. The van der Waals surface area contributed by atoms with Crippen LogP contribution in [-0.4, -0.2) is 107 Å². The Morgan fingerprint density at radius 2 is 0.317 bits per heavy atom. The number of hydrogen-bond acceptors (Lipinski definition) is 6. The lowest BCUT2D eigenvalue weighted by Gasteiger charge is -2.41. The third-order valence-corrected chi connectivity index (χ3v) is 14.3. The highest BCUT2D eigenvalue weighted by atomic mass is 35.5. The number of hydrogen-bond donors (Lipinski definition) is 0. The summed E-state index contributed by atoms with van der Waals surface area (Å²) in [6.45, 7) is 71.8. The lowest BCUT2D eigenvalue weighted by Crippen LogP contribution is -3.00. The lowest BCUT2D eigenvalue weighted by molar-refractivity contribution is -0.0000150. The zero-order valence-electron chi connectivity index (χ0n) is 44.8. The van der Waals surface area contributed by atoms with E-state index in [0.29, 0.717) is 71.0 Å². The van der Waals surface area contributed by atoms with Crippen molar-refractivity contribution in [2.24, 2.45) is 71.0 Å². The summed E-state index contributed by atoms with van der Waals surface area (Å²) < 4.78 is 17.4. The Bertz CT molecular complexity index is 756. The van der Waals surface area contributed by atoms with E-state index in [0.717, 1.165) is 0 Å². The van der Waals surface area contributed by atoms with Crippen molar-refractivity contribution < 1.29 is 12.4 Å². The van der Waals surface area contributed by atoms with Gasteiger partial charge >= 0.3 is 0 Å². The Morgan fingerprint density at radius 1 is 0.250 bits per heavy atom. The van der Waals surface area contributed by atoms with Crippen LogP contribution >= 0.6 is 16.7 Å². The SMILES string of the molecule is CC(C)CN(CC(C)C)[PH+](N(CC(C)C)CC(C)C)N(CC(C)C)CC(C)C.CC(C)CN(CC(C)C)[PH+](N(CC(C)C)CC(C)C)N(CC(C)C)CC(C)C.[Cl-].[N-]=[N+]=[N-]. The van der Waals surface area contributed by atoms with Gasteiger partial charge in [-0.1, -0.05) is 166 Å². The Hall–Kier alpha value is 0.220. The van der Waals surface area contributed by atoms with Gasteiger partial charge in [-0.05, 0) is 71.0 Å². The van der Waals surface area contributed by atoms with Crippen molar-refractivity contribution in [1.29, 1.82) is 0 Å². The minimum Gasteiger partial charge on any atom is -1.00 e. The fourth-order valence-electron chi connectivity index (χ4n) is 7.92. The van der Waals surface area contributed by atoms with Gasteiger partial charge in [0.1, 0.15) is 0 Å². The molecule has 0 amide bonds. The molecule has 0 aliphatic heterocycles. The van der Waals surface area contributed by atoms with Crippen LogP contribution in [0.15, 0.2) is 0 Å². The standard InChI is InChI=1S/2C24H54N3P.ClH.N3/c2*1-19(2)13-25(14-20(3)4)28(26(15-21(5)6)16-22(7)8)27(17-23(9)10)18-24(11)12;;1-3-2/h2*19-24H,13-18H2,1-12H3;1H;/q;;;-1/p+1. The van der Waals surface area contributed by atoms with Crippen LogP contribution in [0.5, 0.6) is 0 Å². The van der Waals surface area contributed by atoms with E-state index in [9.17, 15) is 0 Å². The summed E-state index contributed by atoms with van der Waals surface area (Å²) in [6, 6.07) is 0. The van der Waals surface area contributed by atoms with Crippen molar-refractivity contribution in [2.75, 3.05) is 78.5 Å². The lowest BCUT2D eigenvalue weighted by atomic mass is 10.2. The van der Waals surface area contributed by atoms with E-state index in [2.05, 4.69) is 194 Å². The number of nitrogens with zero attached hydrogens (tertiary/aromatic N) is 9. The predicted octanol–water partition coefficient (Wildman–Crippen LogP) is 11.4. The number of rotatable bonds is 30. The van der Waals surface area contributed by atoms with Gasteiger partial charge in [0.25, 0.3) is 0 Å². The molecule has 0 aliphatic rings. The molecule has 0 atom stereocenters. The van der Waals surface area contributed by atoms with Crippen LogP contribution < -0.4 is 12.4 Å². The van der Waals surface area contributed by atoms with Gasteiger partial charge in [0.2, 0.25) is 16.7 Å². The average Bonchev–Trinajstić information content (AvgIpc) is 2.98. The fourth-order valence-corrected chi connectivity index (χ4v) is 16.7. The summed E-state index contributed by atoms with van der Waals surface area (Å²) in [4.78, 5) is 1.50. The van der Waals surface area contributed by atoms with Crippen LogP contribution in [0.2, 0.25) is 0 Å². The molecule has 364 valence electrons. The van der Waals surface area contributed by atoms with Crippen molar-refractivity contribution in [3.05, 3.63) is 16.0 Å². The molecule has 0 fully saturated rings. The van der Waals surface area contributed by atoms with E-state index in [1.54, 1.807) is 0 Å². The molecule has 0 saturated heterocycles. The normalized spacial score (nSPS) is 12.7. The highest BCUT2D eigenvalue weighted by Crippen LogP contribution is 2.51. The van der Waals surface area contributed by atoms with E-state index in [-0.39, 0.29) is 12.4 Å². The molecule has 9 nitrogen and oxygen atoms in total. The second-order valence-corrected chi connectivity index (χ2v) is 27.8. The minimum atomic E-state index is -0.931.